The third kappa shape index (κ3) is 1.77. The summed E-state index contributed by atoms with van der Waals surface area (Å²) in [6.45, 7) is 3.88. The van der Waals surface area contributed by atoms with Gasteiger partial charge in [-0.3, -0.25) is 9.78 Å². The van der Waals surface area contributed by atoms with E-state index < -0.39 is 11.7 Å². The maximum atomic E-state index is 14.2. The second kappa shape index (κ2) is 4.16. The van der Waals surface area contributed by atoms with Crippen molar-refractivity contribution in [3.05, 3.63) is 29.5 Å². The van der Waals surface area contributed by atoms with Crippen LogP contribution in [0.2, 0.25) is 0 Å². The zero-order valence-electron chi connectivity index (χ0n) is 9.97. The second-order valence-corrected chi connectivity index (χ2v) is 4.17. The Balaban J connectivity index is 2.74. The molecule has 0 saturated heterocycles. The molecule has 0 aliphatic heterocycles. The van der Waals surface area contributed by atoms with E-state index in [1.165, 1.54) is 7.05 Å². The number of carbonyl (C=O) groups excluding carboxylic acids is 1. The maximum Gasteiger partial charge on any atom is 0.270 e. The van der Waals surface area contributed by atoms with Gasteiger partial charge in [-0.2, -0.15) is 0 Å². The van der Waals surface area contributed by atoms with Gasteiger partial charge in [0.05, 0.1) is 16.6 Å². The molecule has 0 radical (unpaired) electrons. The molecule has 0 fully saturated rings. The van der Waals surface area contributed by atoms with Crippen LogP contribution >= 0.6 is 0 Å². The minimum Gasteiger partial charge on any atom is -0.354 e. The predicted molar refractivity (Wildman–Crippen MR) is 63.5 cm³/mol. The van der Waals surface area contributed by atoms with Crippen LogP contribution in [0.5, 0.6) is 0 Å². The average molecular weight is 235 g/mol. The second-order valence-electron chi connectivity index (χ2n) is 4.17. The molecule has 1 amide bonds. The van der Waals surface area contributed by atoms with Crippen LogP contribution in [0.1, 0.15) is 35.9 Å². The fraction of sp³-hybridized carbons (Fsp3) is 0.333. The highest BCUT2D eigenvalue weighted by Crippen LogP contribution is 2.27. The van der Waals surface area contributed by atoms with E-state index in [0.717, 1.165) is 0 Å². The summed E-state index contributed by atoms with van der Waals surface area (Å²) in [6.07, 6.45) is 1.61. The third-order valence-electron chi connectivity index (χ3n) is 2.68. The number of nitrogens with one attached hydrogen (secondary N) is 2. The van der Waals surface area contributed by atoms with Crippen LogP contribution < -0.4 is 5.32 Å². The Kier molecular flexibility index (Phi) is 2.83. The third-order valence-corrected chi connectivity index (χ3v) is 2.68. The normalized spacial score (nSPS) is 11.1. The van der Waals surface area contributed by atoms with E-state index in [9.17, 15) is 9.18 Å². The zero-order valence-corrected chi connectivity index (χ0v) is 9.97. The van der Waals surface area contributed by atoms with Gasteiger partial charge in [0.1, 0.15) is 5.69 Å². The standard InChI is InChI=1S/C12H14FN3O/c1-6(2)10-8-7(4-5-15-10)16-11(9(8)13)12(17)14-3/h4-6,16H,1-3H3,(H,14,17). The number of carbonyl (C=O) groups is 1. The van der Waals surface area contributed by atoms with Gasteiger partial charge in [-0.15, -0.1) is 0 Å². The number of pyridine rings is 1. The smallest absolute Gasteiger partial charge is 0.270 e. The molecule has 4 nitrogen and oxygen atoms in total. The van der Waals surface area contributed by atoms with Gasteiger partial charge in [0, 0.05) is 13.2 Å². The van der Waals surface area contributed by atoms with Crippen molar-refractivity contribution in [2.45, 2.75) is 19.8 Å². The number of hydrogen-bond acceptors (Lipinski definition) is 2. The molecule has 0 spiro atoms. The number of H-pyrrole nitrogens is 1. The maximum absolute atomic E-state index is 14.2. The first-order chi connectivity index (χ1) is 8.06. The number of nitrogens with zero attached hydrogens (tertiary/aromatic N) is 1. The Morgan fingerprint density at radius 3 is 2.82 bits per heavy atom. The van der Waals surface area contributed by atoms with Crippen molar-refractivity contribution < 1.29 is 9.18 Å². The van der Waals surface area contributed by atoms with Crippen molar-refractivity contribution in [3.8, 4) is 0 Å². The molecule has 0 bridgehead atoms. The van der Waals surface area contributed by atoms with E-state index >= 15 is 0 Å². The van der Waals surface area contributed by atoms with Crippen LogP contribution in [-0.2, 0) is 0 Å². The highest BCUT2D eigenvalue weighted by Gasteiger charge is 2.20. The minimum atomic E-state index is -0.531. The predicted octanol–water partition coefficient (Wildman–Crippen LogP) is 2.19. The molecule has 0 aliphatic carbocycles. The van der Waals surface area contributed by atoms with Gasteiger partial charge in [-0.25, -0.2) is 4.39 Å². The van der Waals surface area contributed by atoms with Crippen molar-refractivity contribution in [2.24, 2.45) is 0 Å². The molecular formula is C12H14FN3O. The molecule has 2 aromatic rings. The van der Waals surface area contributed by atoms with E-state index in [1.54, 1.807) is 12.3 Å². The van der Waals surface area contributed by atoms with Crippen molar-refractivity contribution in [1.82, 2.24) is 15.3 Å². The highest BCUT2D eigenvalue weighted by atomic mass is 19.1. The Morgan fingerprint density at radius 1 is 1.53 bits per heavy atom. The summed E-state index contributed by atoms with van der Waals surface area (Å²) in [5.41, 5.74) is 1.21. The fourth-order valence-electron chi connectivity index (χ4n) is 1.85. The first kappa shape index (κ1) is 11.6. The number of fused-ring (bicyclic) bond motifs is 1. The van der Waals surface area contributed by atoms with Gasteiger partial charge in [0.2, 0.25) is 0 Å². The Bertz CT molecular complexity index is 574. The van der Waals surface area contributed by atoms with Gasteiger partial charge in [0.15, 0.2) is 5.82 Å². The molecule has 2 rings (SSSR count). The van der Waals surface area contributed by atoms with Crippen molar-refractivity contribution in [3.63, 3.8) is 0 Å². The molecule has 5 heteroatoms. The molecule has 0 aromatic carbocycles. The monoisotopic (exact) mass is 235 g/mol. The lowest BCUT2D eigenvalue weighted by Gasteiger charge is -2.05. The lowest BCUT2D eigenvalue weighted by Crippen LogP contribution is -2.19. The summed E-state index contributed by atoms with van der Waals surface area (Å²) in [5, 5.41) is 2.80. The van der Waals surface area contributed by atoms with E-state index in [4.69, 9.17) is 0 Å². The Morgan fingerprint density at radius 2 is 2.24 bits per heavy atom. The summed E-state index contributed by atoms with van der Waals surface area (Å²) in [7, 11) is 1.47. The zero-order chi connectivity index (χ0) is 12.6. The van der Waals surface area contributed by atoms with E-state index in [2.05, 4.69) is 15.3 Å². The largest absolute Gasteiger partial charge is 0.354 e. The molecule has 0 unspecified atom stereocenters. The van der Waals surface area contributed by atoms with Gasteiger partial charge in [-0.05, 0) is 12.0 Å². The van der Waals surface area contributed by atoms with Crippen LogP contribution in [-0.4, -0.2) is 22.9 Å². The number of hydrogen-bond donors (Lipinski definition) is 2. The SMILES string of the molecule is CNC(=O)c1[nH]c2ccnc(C(C)C)c2c1F. The highest BCUT2D eigenvalue weighted by molar-refractivity contribution is 5.99. The number of aromatic nitrogens is 2. The molecule has 0 atom stereocenters. The Hall–Kier alpha value is -1.91. The molecule has 0 aliphatic rings. The van der Waals surface area contributed by atoms with Crippen LogP contribution in [0, 0.1) is 5.82 Å². The van der Waals surface area contributed by atoms with Gasteiger partial charge < -0.3 is 10.3 Å². The van der Waals surface area contributed by atoms with Crippen LogP contribution in [0.4, 0.5) is 4.39 Å². The van der Waals surface area contributed by atoms with Gasteiger partial charge >= 0.3 is 0 Å². The summed E-state index contributed by atoms with van der Waals surface area (Å²) in [6, 6.07) is 1.66. The fourth-order valence-corrected chi connectivity index (χ4v) is 1.85. The first-order valence-corrected chi connectivity index (χ1v) is 5.44. The molecule has 2 aromatic heterocycles. The number of halogens is 1. The molecular weight excluding hydrogens is 221 g/mol. The lowest BCUT2D eigenvalue weighted by molar-refractivity contribution is 0.0955. The Labute approximate surface area is 98.2 Å². The lowest BCUT2D eigenvalue weighted by atomic mass is 10.1. The van der Waals surface area contributed by atoms with E-state index in [1.807, 2.05) is 13.8 Å². The summed E-state index contributed by atoms with van der Waals surface area (Å²) in [4.78, 5) is 18.4. The van der Waals surface area contributed by atoms with Gasteiger partial charge in [-0.1, -0.05) is 13.8 Å². The molecule has 90 valence electrons. The quantitative estimate of drug-likeness (QED) is 0.838. The molecule has 0 saturated carbocycles. The summed E-state index contributed by atoms with van der Waals surface area (Å²) >= 11 is 0. The summed E-state index contributed by atoms with van der Waals surface area (Å²) in [5.74, 6) is -0.897. The number of rotatable bonds is 2. The van der Waals surface area contributed by atoms with Crippen molar-refractivity contribution in [1.29, 1.82) is 0 Å². The van der Waals surface area contributed by atoms with Crippen molar-refractivity contribution in [2.75, 3.05) is 7.05 Å². The first-order valence-electron chi connectivity index (χ1n) is 5.44. The van der Waals surface area contributed by atoms with E-state index in [-0.39, 0.29) is 11.6 Å². The number of amides is 1. The van der Waals surface area contributed by atoms with Crippen LogP contribution in [0.3, 0.4) is 0 Å². The summed E-state index contributed by atoms with van der Waals surface area (Å²) < 4.78 is 14.2. The van der Waals surface area contributed by atoms with Crippen LogP contribution in [0.25, 0.3) is 10.9 Å². The topological polar surface area (TPSA) is 57.8 Å². The number of aromatic amines is 1. The molecule has 2 heterocycles. The molecule has 2 N–H and O–H groups in total. The minimum absolute atomic E-state index is 0.0441. The van der Waals surface area contributed by atoms with Crippen LogP contribution in [0.15, 0.2) is 12.3 Å². The van der Waals surface area contributed by atoms with Crippen molar-refractivity contribution >= 4 is 16.8 Å². The van der Waals surface area contributed by atoms with Gasteiger partial charge in [0.25, 0.3) is 5.91 Å². The molecule has 17 heavy (non-hydrogen) atoms. The van der Waals surface area contributed by atoms with E-state index in [0.29, 0.717) is 16.6 Å². The average Bonchev–Trinajstić information content (AvgIpc) is 2.66.